The Morgan fingerprint density at radius 2 is 1.60 bits per heavy atom. The Balaban J connectivity index is 1.70. The van der Waals surface area contributed by atoms with Gasteiger partial charge in [-0.2, -0.15) is 0 Å². The Bertz CT molecular complexity index is 684. The first-order valence-corrected chi connectivity index (χ1v) is 9.50. The summed E-state index contributed by atoms with van der Waals surface area (Å²) in [5.74, 6) is -0.741. The van der Waals surface area contributed by atoms with Crippen LogP contribution in [-0.2, 0) is 18.9 Å². The van der Waals surface area contributed by atoms with Crippen LogP contribution in [0.2, 0.25) is 0 Å². The van der Waals surface area contributed by atoms with E-state index in [1.54, 1.807) is 18.2 Å². The van der Waals surface area contributed by atoms with Crippen LogP contribution in [0.3, 0.4) is 0 Å². The fraction of sp³-hybridized carbons (Fsp3) is 0.632. The van der Waals surface area contributed by atoms with Crippen LogP contribution < -0.4 is 0 Å². The highest BCUT2D eigenvalue weighted by Gasteiger charge is 2.48. The predicted molar refractivity (Wildman–Crippen MR) is 97.1 cm³/mol. The zero-order valence-electron chi connectivity index (χ0n) is 15.9. The van der Waals surface area contributed by atoms with E-state index in [1.807, 2.05) is 0 Å². The Morgan fingerprint density at radius 1 is 0.933 bits per heavy atom. The van der Waals surface area contributed by atoms with Crippen molar-refractivity contribution in [2.75, 3.05) is 19.8 Å². The molecule has 1 aromatic rings. The molecule has 11 heteroatoms. The summed E-state index contributed by atoms with van der Waals surface area (Å²) in [7, 11) is 0. The predicted octanol–water partition coefficient (Wildman–Crippen LogP) is -2.85. The summed E-state index contributed by atoms with van der Waals surface area (Å²) < 4.78 is 21.5. The third-order valence-corrected chi connectivity index (χ3v) is 5.15. The molecule has 0 bridgehead atoms. The molecule has 0 aromatic heterocycles. The fourth-order valence-electron chi connectivity index (χ4n) is 3.38. The van der Waals surface area contributed by atoms with Gasteiger partial charge in [0, 0.05) is 0 Å². The molecule has 3 rings (SSSR count). The molecule has 2 heterocycles. The maximum absolute atomic E-state index is 12.4. The van der Waals surface area contributed by atoms with Crippen molar-refractivity contribution < 1.29 is 54.4 Å². The average molecular weight is 430 g/mol. The largest absolute Gasteiger partial charge is 0.453 e. The van der Waals surface area contributed by atoms with Gasteiger partial charge >= 0.3 is 5.97 Å². The zero-order chi connectivity index (χ0) is 21.8. The van der Waals surface area contributed by atoms with E-state index in [0.29, 0.717) is 0 Å². The van der Waals surface area contributed by atoms with Gasteiger partial charge in [-0.05, 0) is 12.1 Å². The molecule has 2 aliphatic heterocycles. The summed E-state index contributed by atoms with van der Waals surface area (Å²) in [5, 5.41) is 59.3. The molecule has 0 radical (unpaired) electrons. The molecular formula is C19H26O11. The number of carbonyl (C=O) groups excluding carboxylic acids is 1. The van der Waals surface area contributed by atoms with Gasteiger partial charge in [-0.1, -0.05) is 18.2 Å². The third-order valence-electron chi connectivity index (χ3n) is 5.15. The molecule has 0 amide bonds. The van der Waals surface area contributed by atoms with Crippen molar-refractivity contribution in [2.24, 2.45) is 0 Å². The highest BCUT2D eigenvalue weighted by molar-refractivity contribution is 5.89. The minimum atomic E-state index is -1.67. The average Bonchev–Trinajstić information content (AvgIpc) is 2.77. The summed E-state index contributed by atoms with van der Waals surface area (Å²) in [4.78, 5) is 12.4. The fourth-order valence-corrected chi connectivity index (χ4v) is 3.38. The van der Waals surface area contributed by atoms with Crippen molar-refractivity contribution in [2.45, 2.75) is 55.1 Å². The molecule has 2 saturated heterocycles. The monoisotopic (exact) mass is 430 g/mol. The highest BCUT2D eigenvalue weighted by Crippen LogP contribution is 2.27. The van der Waals surface area contributed by atoms with E-state index in [2.05, 4.69) is 0 Å². The molecular weight excluding hydrogens is 404 g/mol. The standard InChI is InChI=1S/C19H26O11/c20-6-10-13(22)15(24)16(25)19(28-10)29-12-8-27-11(7-21)17(14(12)23)30-18(26)9-4-2-1-3-5-9/h1-5,10-17,19-25H,6-8H2. The normalized spacial score (nSPS) is 39.5. The second-order valence-corrected chi connectivity index (χ2v) is 7.15. The van der Waals surface area contributed by atoms with Crippen molar-refractivity contribution in [1.29, 1.82) is 0 Å². The van der Waals surface area contributed by atoms with Crippen molar-refractivity contribution in [3.05, 3.63) is 35.9 Å². The SMILES string of the molecule is O=C(OC1C(CO)OCC(OC2OC(CO)C(O)C(O)C2O)C1O)c1ccccc1. The second-order valence-electron chi connectivity index (χ2n) is 7.15. The van der Waals surface area contributed by atoms with Crippen molar-refractivity contribution >= 4 is 5.97 Å². The van der Waals surface area contributed by atoms with Crippen LogP contribution in [0, 0.1) is 0 Å². The number of ether oxygens (including phenoxy) is 4. The summed E-state index contributed by atoms with van der Waals surface area (Å²) in [6, 6.07) is 8.04. The summed E-state index contributed by atoms with van der Waals surface area (Å²) >= 11 is 0. The van der Waals surface area contributed by atoms with Gasteiger partial charge in [0.15, 0.2) is 12.4 Å². The van der Waals surface area contributed by atoms with Gasteiger partial charge in [-0.15, -0.1) is 0 Å². The molecule has 2 fully saturated rings. The maximum Gasteiger partial charge on any atom is 0.338 e. The first-order chi connectivity index (χ1) is 14.4. The van der Waals surface area contributed by atoms with Gasteiger partial charge in [-0.3, -0.25) is 0 Å². The Morgan fingerprint density at radius 3 is 2.23 bits per heavy atom. The maximum atomic E-state index is 12.4. The number of benzene rings is 1. The van der Waals surface area contributed by atoms with Gasteiger partial charge in [0.05, 0.1) is 25.4 Å². The van der Waals surface area contributed by atoms with Crippen LogP contribution in [0.5, 0.6) is 0 Å². The molecule has 6 N–H and O–H groups in total. The summed E-state index contributed by atoms with van der Waals surface area (Å²) in [6.45, 7) is -1.41. The molecule has 1 aromatic carbocycles. The molecule has 9 unspecified atom stereocenters. The Kier molecular flexibility index (Phi) is 7.74. The van der Waals surface area contributed by atoms with E-state index in [-0.39, 0.29) is 12.2 Å². The van der Waals surface area contributed by atoms with E-state index in [0.717, 1.165) is 0 Å². The van der Waals surface area contributed by atoms with Crippen LogP contribution in [-0.4, -0.2) is 112 Å². The number of aliphatic hydroxyl groups is 6. The molecule has 0 aliphatic carbocycles. The molecule has 9 atom stereocenters. The molecule has 30 heavy (non-hydrogen) atoms. The molecule has 2 aliphatic rings. The van der Waals surface area contributed by atoms with E-state index >= 15 is 0 Å². The molecule has 11 nitrogen and oxygen atoms in total. The van der Waals surface area contributed by atoms with Crippen LogP contribution >= 0.6 is 0 Å². The van der Waals surface area contributed by atoms with E-state index in [9.17, 15) is 35.4 Å². The first-order valence-electron chi connectivity index (χ1n) is 9.50. The molecule has 0 spiro atoms. The molecule has 168 valence electrons. The number of esters is 1. The number of hydrogen-bond donors (Lipinski definition) is 6. The second kappa shape index (κ2) is 10.1. The van der Waals surface area contributed by atoms with E-state index < -0.39 is 74.3 Å². The lowest BCUT2D eigenvalue weighted by Gasteiger charge is -2.44. The summed E-state index contributed by atoms with van der Waals surface area (Å²) in [6.07, 6.45) is -12.5. The zero-order valence-corrected chi connectivity index (χ0v) is 15.9. The Hall–Kier alpha value is -1.67. The van der Waals surface area contributed by atoms with E-state index in [4.69, 9.17) is 18.9 Å². The number of rotatable bonds is 6. The number of hydrogen-bond acceptors (Lipinski definition) is 11. The Labute approximate surface area is 172 Å². The topological polar surface area (TPSA) is 175 Å². The third kappa shape index (κ3) is 4.80. The van der Waals surface area contributed by atoms with E-state index in [1.165, 1.54) is 12.1 Å². The smallest absolute Gasteiger partial charge is 0.338 e. The van der Waals surface area contributed by atoms with Crippen LogP contribution in [0.1, 0.15) is 10.4 Å². The van der Waals surface area contributed by atoms with Gasteiger partial charge in [0.2, 0.25) is 0 Å². The minimum Gasteiger partial charge on any atom is -0.453 e. The summed E-state index contributed by atoms with van der Waals surface area (Å²) in [5.41, 5.74) is 0.235. The number of aliphatic hydroxyl groups excluding tert-OH is 6. The van der Waals surface area contributed by atoms with Gasteiger partial charge < -0.3 is 49.6 Å². The van der Waals surface area contributed by atoms with Crippen LogP contribution in [0.15, 0.2) is 30.3 Å². The van der Waals surface area contributed by atoms with Gasteiger partial charge in [-0.25, -0.2) is 4.79 Å². The van der Waals surface area contributed by atoms with Crippen molar-refractivity contribution in [3.63, 3.8) is 0 Å². The van der Waals surface area contributed by atoms with Crippen molar-refractivity contribution in [3.8, 4) is 0 Å². The minimum absolute atomic E-state index is 0.235. The molecule has 0 saturated carbocycles. The van der Waals surface area contributed by atoms with Crippen LogP contribution in [0.25, 0.3) is 0 Å². The van der Waals surface area contributed by atoms with Crippen molar-refractivity contribution in [1.82, 2.24) is 0 Å². The highest BCUT2D eigenvalue weighted by atomic mass is 16.7. The lowest BCUT2D eigenvalue weighted by molar-refractivity contribution is -0.331. The lowest BCUT2D eigenvalue weighted by Crippen LogP contribution is -2.62. The number of carbonyl (C=O) groups is 1. The lowest BCUT2D eigenvalue weighted by atomic mass is 9.98. The first kappa shape index (κ1) is 23.0. The van der Waals surface area contributed by atoms with Crippen LogP contribution in [0.4, 0.5) is 0 Å². The van der Waals surface area contributed by atoms with Gasteiger partial charge in [0.25, 0.3) is 0 Å². The van der Waals surface area contributed by atoms with Gasteiger partial charge in [0.1, 0.15) is 42.7 Å². The quantitative estimate of drug-likeness (QED) is 0.256.